The first-order valence-corrected chi connectivity index (χ1v) is 7.61. The van der Waals surface area contributed by atoms with Gasteiger partial charge in [0.25, 0.3) is 0 Å². The summed E-state index contributed by atoms with van der Waals surface area (Å²) in [6.45, 7) is 9.38. The van der Waals surface area contributed by atoms with Crippen LogP contribution in [0.3, 0.4) is 0 Å². The Kier molecular flexibility index (Phi) is 4.40. The Hall–Kier alpha value is -2.10. The van der Waals surface area contributed by atoms with Crippen molar-refractivity contribution in [3.63, 3.8) is 0 Å². The van der Waals surface area contributed by atoms with E-state index in [9.17, 15) is 14.7 Å². The van der Waals surface area contributed by atoms with E-state index in [0.29, 0.717) is 18.4 Å². The maximum atomic E-state index is 11.7. The molecular weight excluding hydrogens is 278 g/mol. The van der Waals surface area contributed by atoms with E-state index in [2.05, 4.69) is 11.9 Å². The fourth-order valence-electron chi connectivity index (χ4n) is 3.55. The zero-order valence-corrected chi connectivity index (χ0v) is 13.9. The van der Waals surface area contributed by atoms with Crippen molar-refractivity contribution in [2.24, 2.45) is 0 Å². The number of aliphatic carboxylic acids is 1. The van der Waals surface area contributed by atoms with Gasteiger partial charge < -0.3 is 10.1 Å². The lowest BCUT2D eigenvalue weighted by Crippen LogP contribution is -2.01. The van der Waals surface area contributed by atoms with Crippen molar-refractivity contribution in [3.8, 4) is 0 Å². The SMILES string of the molecule is CCC1=C(Cc2[nH]c(C)c(C(C)=O)c2C)CC(C(=O)O)=C1C. The number of carbonyl (C=O) groups is 2. The number of aromatic nitrogens is 1. The number of aryl methyl sites for hydroxylation is 1. The number of nitrogens with one attached hydrogen (secondary N) is 1. The van der Waals surface area contributed by atoms with Gasteiger partial charge in [0, 0.05) is 35.4 Å². The number of allylic oxidation sites excluding steroid dienone is 3. The number of hydrogen-bond acceptors (Lipinski definition) is 2. The molecule has 1 aliphatic carbocycles. The first-order valence-electron chi connectivity index (χ1n) is 7.61. The van der Waals surface area contributed by atoms with Crippen LogP contribution in [0.25, 0.3) is 0 Å². The van der Waals surface area contributed by atoms with Gasteiger partial charge in [0.2, 0.25) is 0 Å². The Balaban J connectivity index is 2.37. The number of carboxylic acid groups (broad SMARTS) is 1. The van der Waals surface area contributed by atoms with Crippen LogP contribution >= 0.6 is 0 Å². The van der Waals surface area contributed by atoms with Gasteiger partial charge in [-0.05, 0) is 50.8 Å². The first-order chi connectivity index (χ1) is 10.3. The van der Waals surface area contributed by atoms with Crippen LogP contribution in [0.4, 0.5) is 0 Å². The highest BCUT2D eigenvalue weighted by atomic mass is 16.4. The monoisotopic (exact) mass is 301 g/mol. The second-order valence-corrected chi connectivity index (χ2v) is 5.98. The molecule has 2 N–H and O–H groups in total. The molecule has 0 unspecified atom stereocenters. The van der Waals surface area contributed by atoms with E-state index in [1.165, 1.54) is 0 Å². The summed E-state index contributed by atoms with van der Waals surface area (Å²) in [6.07, 6.45) is 2.00. The first kappa shape index (κ1) is 16.3. The Labute approximate surface area is 130 Å². The van der Waals surface area contributed by atoms with Crippen LogP contribution in [0.15, 0.2) is 22.3 Å². The summed E-state index contributed by atoms with van der Waals surface area (Å²) < 4.78 is 0. The van der Waals surface area contributed by atoms with Crippen LogP contribution in [-0.2, 0) is 11.2 Å². The van der Waals surface area contributed by atoms with E-state index in [-0.39, 0.29) is 5.78 Å². The number of carboxylic acids is 1. The second-order valence-electron chi connectivity index (χ2n) is 5.98. The standard InChI is InChI=1S/C18H23NO3/c1-6-14-9(2)15(18(21)22)7-13(14)8-16-10(3)17(12(5)20)11(4)19-16/h19H,6-8H2,1-5H3,(H,21,22). The molecule has 0 bridgehead atoms. The molecule has 0 aromatic carbocycles. The lowest BCUT2D eigenvalue weighted by molar-refractivity contribution is -0.132. The number of hydrogen-bond donors (Lipinski definition) is 2. The Morgan fingerprint density at radius 2 is 1.86 bits per heavy atom. The van der Waals surface area contributed by atoms with Crippen LogP contribution in [0.5, 0.6) is 0 Å². The number of H-pyrrole nitrogens is 1. The topological polar surface area (TPSA) is 70.2 Å². The average Bonchev–Trinajstić information content (AvgIpc) is 2.87. The maximum absolute atomic E-state index is 11.7. The third-order valence-electron chi connectivity index (χ3n) is 4.62. The Bertz CT molecular complexity index is 717. The van der Waals surface area contributed by atoms with E-state index in [1.807, 2.05) is 20.8 Å². The molecule has 1 aromatic rings. The molecular formula is C18H23NO3. The summed E-state index contributed by atoms with van der Waals surface area (Å²) in [5, 5.41) is 9.32. The molecule has 0 spiro atoms. The summed E-state index contributed by atoms with van der Waals surface area (Å²) in [5.74, 6) is -0.767. The zero-order valence-electron chi connectivity index (χ0n) is 13.9. The second kappa shape index (κ2) is 5.95. The van der Waals surface area contributed by atoms with Crippen LogP contribution in [0.2, 0.25) is 0 Å². The smallest absolute Gasteiger partial charge is 0.332 e. The molecule has 0 fully saturated rings. The normalized spacial score (nSPS) is 15.0. The van der Waals surface area contributed by atoms with Gasteiger partial charge in [-0.25, -0.2) is 4.79 Å². The highest BCUT2D eigenvalue weighted by Crippen LogP contribution is 2.36. The minimum absolute atomic E-state index is 0.0640. The van der Waals surface area contributed by atoms with Crippen molar-refractivity contribution >= 4 is 11.8 Å². The van der Waals surface area contributed by atoms with Crippen molar-refractivity contribution in [2.45, 2.75) is 53.9 Å². The summed E-state index contributed by atoms with van der Waals surface area (Å²) >= 11 is 0. The minimum Gasteiger partial charge on any atom is -0.478 e. The van der Waals surface area contributed by atoms with Crippen LogP contribution in [0.1, 0.15) is 60.9 Å². The third-order valence-corrected chi connectivity index (χ3v) is 4.62. The zero-order chi connectivity index (χ0) is 16.6. The molecule has 2 rings (SSSR count). The van der Waals surface area contributed by atoms with Crippen molar-refractivity contribution in [3.05, 3.63) is 44.8 Å². The minimum atomic E-state index is -0.831. The van der Waals surface area contributed by atoms with Gasteiger partial charge in [-0.1, -0.05) is 12.5 Å². The van der Waals surface area contributed by atoms with Crippen LogP contribution in [0, 0.1) is 13.8 Å². The molecule has 0 radical (unpaired) electrons. The summed E-state index contributed by atoms with van der Waals surface area (Å²) in [5.41, 5.74) is 7.34. The molecule has 0 saturated heterocycles. The van der Waals surface area contributed by atoms with Gasteiger partial charge in [0.1, 0.15) is 0 Å². The molecule has 0 amide bonds. The van der Waals surface area contributed by atoms with Crippen molar-refractivity contribution in [1.29, 1.82) is 0 Å². The summed E-state index contributed by atoms with van der Waals surface area (Å²) in [7, 11) is 0. The molecule has 0 atom stereocenters. The fourth-order valence-corrected chi connectivity index (χ4v) is 3.55. The molecule has 22 heavy (non-hydrogen) atoms. The van der Waals surface area contributed by atoms with E-state index >= 15 is 0 Å². The third kappa shape index (κ3) is 2.65. The Morgan fingerprint density at radius 3 is 2.32 bits per heavy atom. The summed E-state index contributed by atoms with van der Waals surface area (Å²) in [4.78, 5) is 26.4. The molecule has 1 heterocycles. The van der Waals surface area contributed by atoms with Gasteiger partial charge in [-0.3, -0.25) is 4.79 Å². The lowest BCUT2D eigenvalue weighted by atomic mass is 9.98. The van der Waals surface area contributed by atoms with Gasteiger partial charge in [-0.15, -0.1) is 0 Å². The van der Waals surface area contributed by atoms with Crippen molar-refractivity contribution < 1.29 is 14.7 Å². The quantitative estimate of drug-likeness (QED) is 0.811. The molecule has 118 valence electrons. The highest BCUT2D eigenvalue weighted by molar-refractivity contribution is 5.97. The van der Waals surface area contributed by atoms with Gasteiger partial charge >= 0.3 is 5.97 Å². The average molecular weight is 301 g/mol. The predicted octanol–water partition coefficient (Wildman–Crippen LogP) is 3.89. The molecule has 4 nitrogen and oxygen atoms in total. The Morgan fingerprint density at radius 1 is 1.23 bits per heavy atom. The molecule has 0 saturated carbocycles. The van der Waals surface area contributed by atoms with Crippen molar-refractivity contribution in [1.82, 2.24) is 4.98 Å². The predicted molar refractivity (Wildman–Crippen MR) is 86.2 cm³/mol. The number of carbonyl (C=O) groups excluding carboxylic acids is 1. The lowest BCUT2D eigenvalue weighted by Gasteiger charge is -2.07. The molecule has 1 aliphatic rings. The molecule has 1 aromatic heterocycles. The number of rotatable bonds is 5. The number of Topliss-reactive ketones (excluding diaryl/α,β-unsaturated/α-hetero) is 1. The van der Waals surface area contributed by atoms with Crippen molar-refractivity contribution in [2.75, 3.05) is 0 Å². The highest BCUT2D eigenvalue weighted by Gasteiger charge is 2.26. The summed E-state index contributed by atoms with van der Waals surface area (Å²) in [6, 6.07) is 0. The fraction of sp³-hybridized carbons (Fsp3) is 0.444. The van der Waals surface area contributed by atoms with E-state index in [1.54, 1.807) is 6.92 Å². The largest absolute Gasteiger partial charge is 0.478 e. The number of aromatic amines is 1. The molecule has 4 heteroatoms. The van der Waals surface area contributed by atoms with Gasteiger partial charge in [0.15, 0.2) is 5.78 Å². The van der Waals surface area contributed by atoms with Gasteiger partial charge in [0.05, 0.1) is 0 Å². The number of ketones is 1. The van der Waals surface area contributed by atoms with Crippen LogP contribution < -0.4 is 0 Å². The van der Waals surface area contributed by atoms with E-state index < -0.39 is 5.97 Å². The molecule has 0 aliphatic heterocycles. The van der Waals surface area contributed by atoms with Gasteiger partial charge in [-0.2, -0.15) is 0 Å². The maximum Gasteiger partial charge on any atom is 0.332 e. The van der Waals surface area contributed by atoms with E-state index in [0.717, 1.165) is 45.7 Å². The van der Waals surface area contributed by atoms with Crippen LogP contribution in [-0.4, -0.2) is 21.8 Å². The van der Waals surface area contributed by atoms with E-state index in [4.69, 9.17) is 0 Å².